The van der Waals surface area contributed by atoms with E-state index in [2.05, 4.69) is 15.2 Å². The van der Waals surface area contributed by atoms with Gasteiger partial charge in [-0.25, -0.2) is 8.42 Å². The van der Waals surface area contributed by atoms with E-state index in [0.29, 0.717) is 17.2 Å². The second-order valence-electron chi connectivity index (χ2n) is 6.78. The minimum Gasteiger partial charge on any atom is -0.497 e. The van der Waals surface area contributed by atoms with Crippen molar-refractivity contribution in [2.24, 2.45) is 5.10 Å². The molecule has 11 heteroatoms. The third kappa shape index (κ3) is 5.57. The van der Waals surface area contributed by atoms with E-state index >= 15 is 0 Å². The third-order valence-electron chi connectivity index (χ3n) is 4.67. The summed E-state index contributed by atoms with van der Waals surface area (Å²) in [4.78, 5) is 10.3. The molecular formula is C22H22N4O6S. The molecule has 0 atom stereocenters. The first-order chi connectivity index (χ1) is 15.7. The molecule has 0 unspecified atom stereocenters. The smallest absolute Gasteiger partial charge is 0.270 e. The molecule has 0 bridgehead atoms. The van der Waals surface area contributed by atoms with Crippen LogP contribution < -0.4 is 19.6 Å². The zero-order valence-electron chi connectivity index (χ0n) is 18.1. The van der Waals surface area contributed by atoms with Crippen LogP contribution >= 0.6 is 0 Å². The van der Waals surface area contributed by atoms with Gasteiger partial charge in [0.2, 0.25) is 0 Å². The molecular weight excluding hydrogens is 448 g/mol. The Labute approximate surface area is 191 Å². The quantitative estimate of drug-likeness (QED) is 0.271. The number of ether oxygens (including phenoxy) is 2. The number of benzene rings is 3. The van der Waals surface area contributed by atoms with Gasteiger partial charge in [-0.15, -0.1) is 0 Å². The Morgan fingerprint density at radius 1 is 0.970 bits per heavy atom. The van der Waals surface area contributed by atoms with E-state index < -0.39 is 14.9 Å². The van der Waals surface area contributed by atoms with E-state index in [0.717, 1.165) is 11.6 Å². The average molecular weight is 471 g/mol. The Kier molecular flexibility index (Phi) is 7.13. The van der Waals surface area contributed by atoms with E-state index in [1.807, 2.05) is 0 Å². The summed E-state index contributed by atoms with van der Waals surface area (Å²) in [5, 5.41) is 15.5. The molecule has 0 aliphatic rings. The van der Waals surface area contributed by atoms with Crippen molar-refractivity contribution < 1.29 is 22.8 Å². The molecule has 0 saturated carbocycles. The average Bonchev–Trinajstić information content (AvgIpc) is 2.82. The van der Waals surface area contributed by atoms with Crippen molar-refractivity contribution in [3.05, 3.63) is 82.4 Å². The van der Waals surface area contributed by atoms with Gasteiger partial charge in [0, 0.05) is 12.1 Å². The van der Waals surface area contributed by atoms with Crippen molar-refractivity contribution in [3.8, 4) is 11.5 Å². The van der Waals surface area contributed by atoms with E-state index in [4.69, 9.17) is 9.47 Å². The van der Waals surface area contributed by atoms with Crippen LogP contribution in [-0.2, 0) is 10.0 Å². The van der Waals surface area contributed by atoms with Crippen LogP contribution in [0.5, 0.6) is 11.5 Å². The molecule has 0 amide bonds. The maximum atomic E-state index is 13.2. The van der Waals surface area contributed by atoms with Crippen LogP contribution in [0.25, 0.3) is 0 Å². The number of non-ortho nitro benzene ring substituents is 1. The molecule has 3 rings (SSSR count). The molecule has 0 saturated heterocycles. The molecule has 0 aromatic heterocycles. The second-order valence-corrected chi connectivity index (χ2v) is 8.43. The van der Waals surface area contributed by atoms with Crippen LogP contribution in [0.15, 0.2) is 76.7 Å². The topological polar surface area (TPSA) is 132 Å². The highest BCUT2D eigenvalue weighted by molar-refractivity contribution is 7.93. The zero-order chi connectivity index (χ0) is 24.0. The number of nitro benzene ring substituents is 1. The van der Waals surface area contributed by atoms with E-state index in [9.17, 15) is 18.5 Å². The highest BCUT2D eigenvalue weighted by Crippen LogP contribution is 2.31. The molecule has 0 fully saturated rings. The van der Waals surface area contributed by atoms with Gasteiger partial charge in [0.1, 0.15) is 16.4 Å². The largest absolute Gasteiger partial charge is 0.497 e. The lowest BCUT2D eigenvalue weighted by Crippen LogP contribution is -2.16. The van der Waals surface area contributed by atoms with Gasteiger partial charge in [-0.05, 0) is 55.0 Å². The number of anilines is 2. The summed E-state index contributed by atoms with van der Waals surface area (Å²) < 4.78 is 39.0. The fraction of sp³-hybridized carbons (Fsp3) is 0.136. The Balaban J connectivity index is 1.98. The first-order valence-corrected chi connectivity index (χ1v) is 11.1. The number of para-hydroxylation sites is 2. The minimum absolute atomic E-state index is 0.0656. The summed E-state index contributed by atoms with van der Waals surface area (Å²) in [6, 6.07) is 17.0. The number of sulfonamides is 1. The Morgan fingerprint density at radius 2 is 1.67 bits per heavy atom. The summed E-state index contributed by atoms with van der Waals surface area (Å²) in [6.07, 6.45) is 0. The molecule has 0 heterocycles. The molecule has 172 valence electrons. The molecule has 0 radical (unpaired) electrons. The number of nitrogens with one attached hydrogen (secondary N) is 2. The van der Waals surface area contributed by atoms with Gasteiger partial charge >= 0.3 is 0 Å². The standard InChI is InChI=1S/C22H22N4O6S/c1-15(16-8-11-18(31-2)12-9-16)23-24-20-13-10-17(26(27)28)14-22(20)33(29,30)25-19-6-4-5-7-21(19)32-3/h4-14,24-25H,1-3H3. The van der Waals surface area contributed by atoms with E-state index in [1.165, 1.54) is 25.3 Å². The highest BCUT2D eigenvalue weighted by atomic mass is 32.2. The molecule has 10 nitrogen and oxygen atoms in total. The Hall–Kier alpha value is -4.12. The summed E-state index contributed by atoms with van der Waals surface area (Å²) >= 11 is 0. The lowest BCUT2D eigenvalue weighted by molar-refractivity contribution is -0.385. The lowest BCUT2D eigenvalue weighted by Gasteiger charge is -2.14. The van der Waals surface area contributed by atoms with Crippen LogP contribution in [0, 0.1) is 10.1 Å². The number of rotatable bonds is 9. The highest BCUT2D eigenvalue weighted by Gasteiger charge is 2.24. The van der Waals surface area contributed by atoms with Crippen molar-refractivity contribution in [2.75, 3.05) is 24.4 Å². The fourth-order valence-corrected chi connectivity index (χ4v) is 4.16. The predicted molar refractivity (Wildman–Crippen MR) is 126 cm³/mol. The van der Waals surface area contributed by atoms with Crippen molar-refractivity contribution in [1.29, 1.82) is 0 Å². The van der Waals surface area contributed by atoms with Crippen molar-refractivity contribution in [3.63, 3.8) is 0 Å². The van der Waals surface area contributed by atoms with Gasteiger partial charge in [-0.3, -0.25) is 20.3 Å². The molecule has 0 aliphatic heterocycles. The van der Waals surface area contributed by atoms with Crippen molar-refractivity contribution in [1.82, 2.24) is 0 Å². The SMILES string of the molecule is COc1ccc(C(C)=NNc2ccc([N+](=O)[O-])cc2S(=O)(=O)Nc2ccccc2OC)cc1. The maximum absolute atomic E-state index is 13.2. The lowest BCUT2D eigenvalue weighted by atomic mass is 10.1. The molecule has 3 aromatic rings. The number of nitro groups is 1. The summed E-state index contributed by atoms with van der Waals surface area (Å²) in [6.45, 7) is 1.74. The second kappa shape index (κ2) is 10.0. The Morgan fingerprint density at radius 3 is 2.30 bits per heavy atom. The molecule has 0 spiro atoms. The van der Waals surface area contributed by atoms with Gasteiger partial charge in [0.25, 0.3) is 15.7 Å². The molecule has 3 aromatic carbocycles. The van der Waals surface area contributed by atoms with Gasteiger partial charge in [-0.1, -0.05) is 12.1 Å². The number of nitrogens with zero attached hydrogens (tertiary/aromatic N) is 2. The van der Waals surface area contributed by atoms with Crippen LogP contribution in [0.2, 0.25) is 0 Å². The van der Waals surface area contributed by atoms with E-state index in [1.54, 1.807) is 56.5 Å². The summed E-state index contributed by atoms with van der Waals surface area (Å²) in [5.41, 5.74) is 3.93. The first-order valence-electron chi connectivity index (χ1n) is 9.64. The number of hydrogen-bond acceptors (Lipinski definition) is 8. The normalized spacial score (nSPS) is 11.5. The van der Waals surface area contributed by atoms with Crippen molar-refractivity contribution >= 4 is 32.8 Å². The first kappa shape index (κ1) is 23.5. The Bertz CT molecular complexity index is 1290. The van der Waals surface area contributed by atoms with Gasteiger partial charge in [0.05, 0.1) is 36.2 Å². The third-order valence-corrected chi connectivity index (χ3v) is 6.07. The predicted octanol–water partition coefficient (Wildman–Crippen LogP) is 4.25. The molecule has 0 aliphatic carbocycles. The maximum Gasteiger partial charge on any atom is 0.270 e. The molecule has 2 N–H and O–H groups in total. The summed E-state index contributed by atoms with van der Waals surface area (Å²) in [7, 11) is -1.27. The number of hydrogen-bond donors (Lipinski definition) is 2. The van der Waals surface area contributed by atoms with Crippen LogP contribution in [0.3, 0.4) is 0 Å². The fourth-order valence-electron chi connectivity index (χ4n) is 2.91. The zero-order valence-corrected chi connectivity index (χ0v) is 18.9. The summed E-state index contributed by atoms with van der Waals surface area (Å²) in [5.74, 6) is 0.986. The molecule has 33 heavy (non-hydrogen) atoms. The number of methoxy groups -OCH3 is 2. The number of hydrazone groups is 1. The monoisotopic (exact) mass is 470 g/mol. The van der Waals surface area contributed by atoms with Gasteiger partial charge < -0.3 is 9.47 Å². The van der Waals surface area contributed by atoms with E-state index in [-0.39, 0.29) is 22.0 Å². The van der Waals surface area contributed by atoms with Gasteiger partial charge in [0.15, 0.2) is 0 Å². The minimum atomic E-state index is -4.24. The van der Waals surface area contributed by atoms with Crippen LogP contribution in [-0.4, -0.2) is 33.3 Å². The van der Waals surface area contributed by atoms with Crippen LogP contribution in [0.1, 0.15) is 12.5 Å². The van der Waals surface area contributed by atoms with Crippen LogP contribution in [0.4, 0.5) is 17.1 Å². The van der Waals surface area contributed by atoms with Gasteiger partial charge in [-0.2, -0.15) is 5.10 Å². The van der Waals surface area contributed by atoms with Crippen molar-refractivity contribution in [2.45, 2.75) is 11.8 Å².